The Hall–Kier alpha value is -0.880. The maximum atomic E-state index is 7.24. The van der Waals surface area contributed by atoms with Crippen molar-refractivity contribution in [3.63, 3.8) is 0 Å². The van der Waals surface area contributed by atoms with Gasteiger partial charge in [-0.25, -0.2) is 0 Å². The van der Waals surface area contributed by atoms with E-state index in [1.165, 1.54) is 17.5 Å². The van der Waals surface area contributed by atoms with Crippen LogP contribution in [0.25, 0.3) is 0 Å². The third-order valence-electron chi connectivity index (χ3n) is 4.14. The van der Waals surface area contributed by atoms with Crippen molar-refractivity contribution in [1.82, 2.24) is 4.67 Å². The van der Waals surface area contributed by atoms with Crippen LogP contribution >= 0.6 is 21.0 Å². The van der Waals surface area contributed by atoms with Gasteiger partial charge in [0.2, 0.25) is 0 Å². The normalized spacial score (nSPS) is 20.2. The summed E-state index contributed by atoms with van der Waals surface area (Å²) in [6, 6.07) is 21.2. The Bertz CT molecular complexity index is 518. The summed E-state index contributed by atoms with van der Waals surface area (Å²) in [6.07, 6.45) is 2.32. The van der Waals surface area contributed by atoms with Crippen LogP contribution in [0.5, 0.6) is 0 Å². The summed E-state index contributed by atoms with van der Waals surface area (Å²) in [5.74, 6) is 0. The van der Waals surface area contributed by atoms with Crippen LogP contribution in [-0.4, -0.2) is 17.3 Å². The van der Waals surface area contributed by atoms with Crippen molar-refractivity contribution in [2.75, 3.05) is 6.54 Å². The first-order valence-corrected chi connectivity index (χ1v) is 7.93. The van der Waals surface area contributed by atoms with Crippen molar-refractivity contribution >= 4 is 21.0 Å². The first-order valence-electron chi connectivity index (χ1n) is 7.04. The molecule has 1 heterocycles. The zero-order valence-electron chi connectivity index (χ0n) is 11.4. The number of rotatable bonds is 3. The number of hydrogen-bond donors (Lipinski definition) is 0. The van der Waals surface area contributed by atoms with Gasteiger partial charge in [0.1, 0.15) is 4.87 Å². The minimum absolute atomic E-state index is 0.305. The molecule has 0 amide bonds. The Balaban J connectivity index is 2.13. The smallest absolute Gasteiger partial charge is 0.110 e. The Labute approximate surface area is 128 Å². The minimum Gasteiger partial charge on any atom is -0.282 e. The van der Waals surface area contributed by atoms with E-state index in [1.54, 1.807) is 0 Å². The van der Waals surface area contributed by atoms with E-state index in [1.807, 2.05) is 12.1 Å². The van der Waals surface area contributed by atoms with Crippen molar-refractivity contribution < 1.29 is 0 Å². The van der Waals surface area contributed by atoms with Crippen molar-refractivity contribution in [3.8, 4) is 0 Å². The molecular weight excluding hydrogens is 285 g/mol. The first-order chi connectivity index (χ1) is 9.73. The molecule has 1 aliphatic rings. The Morgan fingerprint density at radius 3 is 1.85 bits per heavy atom. The van der Waals surface area contributed by atoms with E-state index in [0.717, 1.165) is 13.0 Å². The average molecular weight is 304 g/mol. The highest BCUT2D eigenvalue weighted by Crippen LogP contribution is 2.46. The van der Waals surface area contributed by atoms with E-state index < -0.39 is 4.87 Å². The number of alkyl halides is 1. The van der Waals surface area contributed by atoms with Crippen LogP contribution < -0.4 is 0 Å². The maximum absolute atomic E-state index is 7.24. The van der Waals surface area contributed by atoms with Crippen LogP contribution in [0.2, 0.25) is 0 Å². The second-order valence-electron chi connectivity index (χ2n) is 5.34. The maximum Gasteiger partial charge on any atom is 0.110 e. The molecule has 0 spiro atoms. The molecule has 0 saturated carbocycles. The van der Waals surface area contributed by atoms with Gasteiger partial charge in [-0.3, -0.25) is 4.67 Å². The summed E-state index contributed by atoms with van der Waals surface area (Å²) >= 11 is 7.24. The predicted octanol–water partition coefficient (Wildman–Crippen LogP) is 4.42. The van der Waals surface area contributed by atoms with E-state index in [-0.39, 0.29) is 0 Å². The molecule has 0 N–H and O–H groups in total. The monoisotopic (exact) mass is 303 g/mol. The molecule has 20 heavy (non-hydrogen) atoms. The van der Waals surface area contributed by atoms with Gasteiger partial charge < -0.3 is 0 Å². The zero-order valence-corrected chi connectivity index (χ0v) is 13.3. The minimum atomic E-state index is -0.485. The summed E-state index contributed by atoms with van der Waals surface area (Å²) in [4.78, 5) is -0.485. The summed E-state index contributed by atoms with van der Waals surface area (Å²) in [6.45, 7) is 1.09. The van der Waals surface area contributed by atoms with E-state index in [9.17, 15) is 0 Å². The second kappa shape index (κ2) is 5.85. The summed E-state index contributed by atoms with van der Waals surface area (Å²) in [5, 5.41) is 0. The van der Waals surface area contributed by atoms with Crippen LogP contribution in [-0.2, 0) is 4.87 Å². The number of nitrogens with zero attached hydrogens (tertiary/aromatic N) is 1. The highest BCUT2D eigenvalue weighted by Gasteiger charge is 2.44. The van der Waals surface area contributed by atoms with Gasteiger partial charge in [-0.15, -0.1) is 11.6 Å². The van der Waals surface area contributed by atoms with Crippen molar-refractivity contribution in [2.24, 2.45) is 0 Å². The molecule has 104 valence electrons. The molecule has 3 heteroatoms. The SMILES string of the molecule is PN1CCCC1C(Cl)(c1ccccc1)c1ccccc1. The quantitative estimate of drug-likeness (QED) is 0.599. The Morgan fingerprint density at radius 2 is 1.45 bits per heavy atom. The molecule has 3 rings (SSSR count). The Morgan fingerprint density at radius 1 is 0.950 bits per heavy atom. The highest BCUT2D eigenvalue weighted by molar-refractivity contribution is 7.13. The van der Waals surface area contributed by atoms with Gasteiger partial charge in [0.25, 0.3) is 0 Å². The van der Waals surface area contributed by atoms with Crippen molar-refractivity contribution in [2.45, 2.75) is 23.8 Å². The topological polar surface area (TPSA) is 3.24 Å². The second-order valence-corrected chi connectivity index (χ2v) is 6.60. The fraction of sp³-hybridized carbons (Fsp3) is 0.294. The lowest BCUT2D eigenvalue weighted by atomic mass is 9.83. The number of halogens is 1. The molecule has 2 unspecified atom stereocenters. The fourth-order valence-electron chi connectivity index (χ4n) is 3.13. The molecule has 1 nitrogen and oxygen atoms in total. The molecule has 2 aromatic rings. The third kappa shape index (κ3) is 2.39. The molecule has 0 aliphatic carbocycles. The van der Waals surface area contributed by atoms with Gasteiger partial charge in [0.15, 0.2) is 0 Å². The molecule has 1 saturated heterocycles. The number of hydrogen-bond acceptors (Lipinski definition) is 1. The molecule has 2 aromatic carbocycles. The largest absolute Gasteiger partial charge is 0.282 e. The van der Waals surface area contributed by atoms with Crippen LogP contribution in [0.4, 0.5) is 0 Å². The van der Waals surface area contributed by atoms with Crippen molar-refractivity contribution in [1.29, 1.82) is 0 Å². The van der Waals surface area contributed by atoms with Gasteiger partial charge >= 0.3 is 0 Å². The van der Waals surface area contributed by atoms with Crippen molar-refractivity contribution in [3.05, 3.63) is 71.8 Å². The average Bonchev–Trinajstić information content (AvgIpc) is 2.95. The van der Waals surface area contributed by atoms with Gasteiger partial charge in [0.05, 0.1) is 0 Å². The third-order valence-corrected chi connectivity index (χ3v) is 5.45. The predicted molar refractivity (Wildman–Crippen MR) is 89.0 cm³/mol. The van der Waals surface area contributed by atoms with Crippen LogP contribution in [0.15, 0.2) is 60.7 Å². The molecule has 1 aliphatic heterocycles. The van der Waals surface area contributed by atoms with Crippen LogP contribution in [0, 0.1) is 0 Å². The first kappa shape index (κ1) is 14.1. The lowest BCUT2D eigenvalue weighted by molar-refractivity contribution is 0.368. The van der Waals surface area contributed by atoms with Gasteiger partial charge in [-0.1, -0.05) is 70.1 Å². The summed E-state index contributed by atoms with van der Waals surface area (Å²) < 4.78 is 2.31. The lowest BCUT2D eigenvalue weighted by Gasteiger charge is -2.38. The van der Waals surface area contributed by atoms with E-state index in [0.29, 0.717) is 6.04 Å². The molecular formula is C17H19ClNP. The highest BCUT2D eigenvalue weighted by atomic mass is 35.5. The fourth-order valence-corrected chi connectivity index (χ4v) is 4.27. The zero-order chi connectivity index (χ0) is 14.0. The molecule has 2 atom stereocenters. The van der Waals surface area contributed by atoms with Gasteiger partial charge in [-0.2, -0.15) is 0 Å². The Kier molecular flexibility index (Phi) is 4.12. The molecule has 1 fully saturated rings. The summed E-state index contributed by atoms with van der Waals surface area (Å²) in [7, 11) is 2.85. The summed E-state index contributed by atoms with van der Waals surface area (Å²) in [5.41, 5.74) is 2.35. The standard InChI is InChI=1S/C17H19ClNP/c18-17(14-8-3-1-4-9-14,15-10-5-2-6-11-15)16-12-7-13-19(16)20/h1-6,8-11,16H,7,12-13,20H2. The molecule has 0 aromatic heterocycles. The van der Waals surface area contributed by atoms with Crippen LogP contribution in [0.3, 0.4) is 0 Å². The van der Waals surface area contributed by atoms with E-state index in [4.69, 9.17) is 11.6 Å². The molecule has 0 bridgehead atoms. The van der Waals surface area contributed by atoms with E-state index in [2.05, 4.69) is 62.6 Å². The lowest BCUT2D eigenvalue weighted by Crippen LogP contribution is -2.40. The number of benzene rings is 2. The van der Waals surface area contributed by atoms with Gasteiger partial charge in [-0.05, 0) is 24.0 Å². The van der Waals surface area contributed by atoms with Gasteiger partial charge in [0, 0.05) is 12.6 Å². The van der Waals surface area contributed by atoms with E-state index >= 15 is 0 Å². The van der Waals surface area contributed by atoms with Crippen LogP contribution in [0.1, 0.15) is 24.0 Å². The molecule has 0 radical (unpaired) electrons.